The summed E-state index contributed by atoms with van der Waals surface area (Å²) in [5.74, 6) is 2.54. The van der Waals surface area contributed by atoms with Gasteiger partial charge in [0.1, 0.15) is 0 Å². The van der Waals surface area contributed by atoms with E-state index in [1.807, 2.05) is 42.5 Å². The lowest BCUT2D eigenvalue weighted by Gasteiger charge is -2.45. The predicted molar refractivity (Wildman–Crippen MR) is 229 cm³/mol. The Morgan fingerprint density at radius 1 is 0.537 bits per heavy atom. The first-order valence-electron chi connectivity index (χ1n) is 19.7. The number of halogens is 4. The van der Waals surface area contributed by atoms with Crippen molar-refractivity contribution in [2.75, 3.05) is 6.54 Å². The van der Waals surface area contributed by atoms with Crippen molar-refractivity contribution in [1.29, 1.82) is 0 Å². The minimum Gasteiger partial charge on any atom is -0.332 e. The molecule has 0 N–H and O–H groups in total. The molecule has 54 heavy (non-hydrogen) atoms. The van der Waals surface area contributed by atoms with Crippen LogP contribution in [0.3, 0.4) is 0 Å². The summed E-state index contributed by atoms with van der Waals surface area (Å²) in [5, 5.41) is 3.12. The Bertz CT molecular complexity index is 1830. The van der Waals surface area contributed by atoms with Crippen LogP contribution in [0.1, 0.15) is 132 Å². The minimum absolute atomic E-state index is 0. The van der Waals surface area contributed by atoms with Gasteiger partial charge < -0.3 is 4.90 Å². The number of amides is 1. The molecular weight excluding hydrogens is 750 g/mol. The normalized spacial score (nSPS) is 28.6. The van der Waals surface area contributed by atoms with Gasteiger partial charge in [-0.05, 0) is 147 Å². The lowest BCUT2D eigenvalue weighted by Crippen LogP contribution is -2.47. The molecule has 7 heteroatoms. The zero-order valence-electron chi connectivity index (χ0n) is 30.9. The highest BCUT2D eigenvalue weighted by atomic mass is 35.5. The topological polar surface area (TPSA) is 23.6 Å². The van der Waals surface area contributed by atoms with E-state index in [1.165, 1.54) is 61.8 Å². The summed E-state index contributed by atoms with van der Waals surface area (Å²) in [7, 11) is 0. The van der Waals surface area contributed by atoms with Gasteiger partial charge in [-0.15, -0.1) is 0 Å². The average molecular weight is 807 g/mol. The van der Waals surface area contributed by atoms with E-state index in [9.17, 15) is 4.79 Å². The van der Waals surface area contributed by atoms with Gasteiger partial charge in [-0.1, -0.05) is 116 Å². The zero-order valence-corrected chi connectivity index (χ0v) is 34.0. The molecule has 2 heterocycles. The Balaban J connectivity index is 0.000000181. The Hall–Kier alpha value is -2.53. The van der Waals surface area contributed by atoms with Crippen LogP contribution in [0.2, 0.25) is 20.1 Å². The molecule has 4 aliphatic rings. The summed E-state index contributed by atoms with van der Waals surface area (Å²) in [4.78, 5) is 18.0. The molecule has 8 rings (SSSR count). The van der Waals surface area contributed by atoms with E-state index < -0.39 is 0 Å². The highest BCUT2D eigenvalue weighted by Gasteiger charge is 2.43. The second kappa shape index (κ2) is 18.6. The molecule has 1 amide bonds. The van der Waals surface area contributed by atoms with Gasteiger partial charge in [0.2, 0.25) is 5.91 Å². The Morgan fingerprint density at radius 3 is 1.54 bits per heavy atom. The van der Waals surface area contributed by atoms with Crippen molar-refractivity contribution < 1.29 is 4.79 Å². The van der Waals surface area contributed by atoms with E-state index in [2.05, 4.69) is 78.2 Å². The average Bonchev–Trinajstić information content (AvgIpc) is 3.80. The fraction of sp³-hybridized carbons (Fsp3) is 0.468. The maximum absolute atomic E-state index is 13.1. The molecule has 2 aliphatic carbocycles. The van der Waals surface area contributed by atoms with Crippen molar-refractivity contribution >= 4 is 52.3 Å². The Labute approximate surface area is 344 Å². The Morgan fingerprint density at radius 2 is 1.04 bits per heavy atom. The first-order chi connectivity index (χ1) is 25.6. The number of carbonyl (C=O) groups excluding carboxylic acids is 1. The van der Waals surface area contributed by atoms with Crippen LogP contribution in [0.25, 0.3) is 0 Å². The molecule has 2 unspecified atom stereocenters. The van der Waals surface area contributed by atoms with Crippen LogP contribution < -0.4 is 0 Å². The van der Waals surface area contributed by atoms with E-state index in [-0.39, 0.29) is 25.3 Å². The van der Waals surface area contributed by atoms with Crippen LogP contribution in [0, 0.1) is 11.8 Å². The number of hydrogen-bond acceptors (Lipinski definition) is 2. The van der Waals surface area contributed by atoms with Gasteiger partial charge in [-0.3, -0.25) is 9.69 Å². The third-order valence-electron chi connectivity index (χ3n) is 12.5. The highest BCUT2D eigenvalue weighted by Crippen LogP contribution is 2.48. The lowest BCUT2D eigenvalue weighted by atomic mass is 9.79. The molecule has 0 radical (unpaired) electrons. The molecule has 2 saturated carbocycles. The molecule has 2 saturated heterocycles. The fourth-order valence-corrected chi connectivity index (χ4v) is 10.6. The standard InChI is InChI=1S/C23H25Cl2NO.C23H27Cl2N.CH4/c1-15-5-10-20(13-15)26-22(27)12-11-21(17-3-2-4-19(25)14-17)23(26)16-6-8-18(24)9-7-16;1-16-7-12-21(14-16)26-13-3-6-22(18-4-2-5-20(25)15-18)23(26)17-8-10-19(24)11-9-17;/h2-4,6-9,14-15,20-21,23H,5,10-13H2,1H3;2,4-5,8-11,15-16,21-23H,3,6-7,12-14H2,1H3;1H4/t15-,20?,21+,23+;16-,21?,22-,23-;/m01./s1. The summed E-state index contributed by atoms with van der Waals surface area (Å²) in [5.41, 5.74) is 5.13. The van der Waals surface area contributed by atoms with E-state index in [0.29, 0.717) is 36.4 Å². The molecule has 0 spiro atoms. The van der Waals surface area contributed by atoms with E-state index in [0.717, 1.165) is 50.8 Å². The number of carbonyl (C=O) groups is 1. The fourth-order valence-electron chi connectivity index (χ4n) is 9.99. The number of piperidine rings is 2. The molecule has 3 nitrogen and oxygen atoms in total. The van der Waals surface area contributed by atoms with Gasteiger partial charge in [-0.25, -0.2) is 0 Å². The van der Waals surface area contributed by atoms with E-state index >= 15 is 0 Å². The minimum atomic E-state index is 0. The molecular formula is C47H56Cl4N2O. The number of likely N-dealkylation sites (tertiary alicyclic amines) is 2. The molecule has 0 aromatic heterocycles. The van der Waals surface area contributed by atoms with Gasteiger partial charge in [0, 0.05) is 56.5 Å². The van der Waals surface area contributed by atoms with Crippen molar-refractivity contribution in [3.05, 3.63) is 139 Å². The zero-order chi connectivity index (χ0) is 37.1. The second-order valence-corrected chi connectivity index (χ2v) is 17.9. The van der Waals surface area contributed by atoms with Crippen molar-refractivity contribution in [3.63, 3.8) is 0 Å². The summed E-state index contributed by atoms with van der Waals surface area (Å²) >= 11 is 24.9. The molecule has 8 atom stereocenters. The third-order valence-corrected chi connectivity index (χ3v) is 13.5. The van der Waals surface area contributed by atoms with Gasteiger partial charge in [0.15, 0.2) is 0 Å². The summed E-state index contributed by atoms with van der Waals surface area (Å²) in [6.07, 6.45) is 11.3. The SMILES string of the molecule is C.C[C@@H]1CCC(N2CCC[C@H](c3cccc(Cl)c3)[C@H]2c2ccc(Cl)cc2)C1.C[C@H]1CCC(N2C(=O)CC[C@H](c3cccc(Cl)c3)[C@H]2c2ccc(Cl)cc2)C1. The van der Waals surface area contributed by atoms with Gasteiger partial charge in [0.05, 0.1) is 6.04 Å². The van der Waals surface area contributed by atoms with Crippen LogP contribution in [0.5, 0.6) is 0 Å². The largest absolute Gasteiger partial charge is 0.332 e. The number of nitrogens with zero attached hydrogens (tertiary/aromatic N) is 2. The quantitative estimate of drug-likeness (QED) is 0.194. The third kappa shape index (κ3) is 9.52. The molecule has 4 aromatic carbocycles. The predicted octanol–water partition coefficient (Wildman–Crippen LogP) is 14.4. The Kier molecular flexibility index (Phi) is 14.2. The van der Waals surface area contributed by atoms with Crippen molar-refractivity contribution in [2.45, 2.75) is 121 Å². The molecule has 2 aliphatic heterocycles. The first kappa shape index (κ1) is 41.1. The second-order valence-electron chi connectivity index (χ2n) is 16.2. The monoisotopic (exact) mass is 804 g/mol. The molecule has 4 aromatic rings. The van der Waals surface area contributed by atoms with Crippen LogP contribution in [0.15, 0.2) is 97.1 Å². The highest BCUT2D eigenvalue weighted by molar-refractivity contribution is 6.31. The summed E-state index contributed by atoms with van der Waals surface area (Å²) in [6, 6.07) is 34.6. The molecule has 4 fully saturated rings. The van der Waals surface area contributed by atoms with Gasteiger partial charge in [-0.2, -0.15) is 0 Å². The molecule has 0 bridgehead atoms. The van der Waals surface area contributed by atoms with Gasteiger partial charge >= 0.3 is 0 Å². The first-order valence-corrected chi connectivity index (χ1v) is 21.2. The van der Waals surface area contributed by atoms with Crippen LogP contribution in [-0.4, -0.2) is 34.3 Å². The smallest absolute Gasteiger partial charge is 0.223 e. The van der Waals surface area contributed by atoms with Crippen LogP contribution in [-0.2, 0) is 4.79 Å². The summed E-state index contributed by atoms with van der Waals surface area (Å²) in [6.45, 7) is 5.89. The summed E-state index contributed by atoms with van der Waals surface area (Å²) < 4.78 is 0. The van der Waals surface area contributed by atoms with Crippen molar-refractivity contribution in [2.24, 2.45) is 11.8 Å². The van der Waals surface area contributed by atoms with E-state index in [4.69, 9.17) is 46.4 Å². The van der Waals surface area contributed by atoms with Crippen molar-refractivity contribution in [3.8, 4) is 0 Å². The maximum atomic E-state index is 13.1. The van der Waals surface area contributed by atoms with E-state index in [1.54, 1.807) is 0 Å². The van der Waals surface area contributed by atoms with Crippen molar-refractivity contribution in [1.82, 2.24) is 9.80 Å². The van der Waals surface area contributed by atoms with Crippen LogP contribution >= 0.6 is 46.4 Å². The molecule has 288 valence electrons. The van der Waals surface area contributed by atoms with Gasteiger partial charge in [0.25, 0.3) is 0 Å². The van der Waals surface area contributed by atoms with Crippen LogP contribution in [0.4, 0.5) is 0 Å². The lowest BCUT2D eigenvalue weighted by molar-refractivity contribution is -0.140. The number of rotatable bonds is 6. The maximum Gasteiger partial charge on any atom is 0.223 e. The number of benzene rings is 4. The number of hydrogen-bond donors (Lipinski definition) is 0.